The maximum atomic E-state index is 12.9. The summed E-state index contributed by atoms with van der Waals surface area (Å²) in [4.78, 5) is 15.0. The van der Waals surface area contributed by atoms with E-state index >= 15 is 0 Å². The van der Waals surface area contributed by atoms with E-state index in [9.17, 15) is 13.2 Å². The molecule has 0 aliphatic carbocycles. The highest BCUT2D eigenvalue weighted by atomic mass is 35.5. The van der Waals surface area contributed by atoms with Crippen molar-refractivity contribution < 1.29 is 13.2 Å². The third-order valence-electron chi connectivity index (χ3n) is 5.92. The second kappa shape index (κ2) is 11.2. The molecule has 1 atom stereocenters. The van der Waals surface area contributed by atoms with Crippen LogP contribution >= 0.6 is 11.6 Å². The fraction of sp³-hybridized carbons (Fsp3) is 0.458. The lowest BCUT2D eigenvalue weighted by molar-refractivity contribution is -0.126. The Balaban J connectivity index is 1.56. The number of carbonyl (C=O) groups is 1. The third kappa shape index (κ3) is 6.47. The fourth-order valence-electron chi connectivity index (χ4n) is 4.08. The minimum Gasteiger partial charge on any atom is -0.372 e. The molecule has 1 aliphatic heterocycles. The summed E-state index contributed by atoms with van der Waals surface area (Å²) in [5.41, 5.74) is 2.84. The van der Waals surface area contributed by atoms with Gasteiger partial charge in [-0.2, -0.15) is 0 Å². The predicted molar refractivity (Wildman–Crippen MR) is 130 cm³/mol. The van der Waals surface area contributed by atoms with Gasteiger partial charge in [0.2, 0.25) is 15.9 Å². The lowest BCUT2D eigenvalue weighted by Crippen LogP contribution is -2.45. The number of piperidine rings is 1. The van der Waals surface area contributed by atoms with Gasteiger partial charge in [0.25, 0.3) is 0 Å². The number of nitrogens with one attached hydrogen (secondary N) is 1. The van der Waals surface area contributed by atoms with Gasteiger partial charge in [-0.05, 0) is 62.1 Å². The molecule has 0 aromatic heterocycles. The van der Waals surface area contributed by atoms with Gasteiger partial charge in [-0.25, -0.2) is 12.7 Å². The molecule has 1 heterocycles. The van der Waals surface area contributed by atoms with Crippen molar-refractivity contribution in [3.8, 4) is 0 Å². The van der Waals surface area contributed by atoms with Crippen LogP contribution in [0.25, 0.3) is 0 Å². The Morgan fingerprint density at radius 1 is 1.12 bits per heavy atom. The van der Waals surface area contributed by atoms with Gasteiger partial charge >= 0.3 is 0 Å². The molecule has 1 unspecified atom stereocenters. The van der Waals surface area contributed by atoms with Crippen LogP contribution in [-0.2, 0) is 27.1 Å². The van der Waals surface area contributed by atoms with Crippen molar-refractivity contribution in [3.05, 3.63) is 64.7 Å². The molecule has 0 radical (unpaired) electrons. The first-order valence-electron chi connectivity index (χ1n) is 11.2. The highest BCUT2D eigenvalue weighted by molar-refractivity contribution is 7.88. The summed E-state index contributed by atoms with van der Waals surface area (Å²) < 4.78 is 27.2. The first kappa shape index (κ1) is 24.6. The number of carbonyl (C=O) groups excluding carboxylic acids is 1. The van der Waals surface area contributed by atoms with Crippen molar-refractivity contribution in [2.24, 2.45) is 5.92 Å². The van der Waals surface area contributed by atoms with Crippen molar-refractivity contribution in [2.75, 3.05) is 31.1 Å². The molecule has 1 amide bonds. The molecule has 2 aromatic rings. The van der Waals surface area contributed by atoms with Crippen molar-refractivity contribution >= 4 is 33.2 Å². The molecule has 1 fully saturated rings. The Morgan fingerprint density at radius 2 is 1.84 bits per heavy atom. The first-order chi connectivity index (χ1) is 15.3. The number of nitrogens with zero attached hydrogens (tertiary/aromatic N) is 2. The summed E-state index contributed by atoms with van der Waals surface area (Å²) in [6.45, 7) is 7.24. The number of halogens is 1. The Morgan fingerprint density at radius 3 is 2.50 bits per heavy atom. The highest BCUT2D eigenvalue weighted by Gasteiger charge is 2.32. The summed E-state index contributed by atoms with van der Waals surface area (Å²) in [5.74, 6) is -0.547. The Hall–Kier alpha value is -2.09. The van der Waals surface area contributed by atoms with Crippen LogP contribution in [0.4, 0.5) is 5.69 Å². The average molecular weight is 478 g/mol. The smallest absolute Gasteiger partial charge is 0.224 e. The number of sulfonamides is 1. The fourth-order valence-corrected chi connectivity index (χ4v) is 5.90. The number of hydrogen-bond acceptors (Lipinski definition) is 4. The van der Waals surface area contributed by atoms with Crippen LogP contribution in [0, 0.1) is 5.92 Å². The van der Waals surface area contributed by atoms with E-state index < -0.39 is 10.0 Å². The summed E-state index contributed by atoms with van der Waals surface area (Å²) in [6.07, 6.45) is 1.36. The summed E-state index contributed by atoms with van der Waals surface area (Å²) >= 11 is 5.98. The van der Waals surface area contributed by atoms with Crippen LogP contribution in [0.5, 0.6) is 0 Å². The third-order valence-corrected chi connectivity index (χ3v) is 7.97. The Bertz CT molecular complexity index is 1010. The first-order valence-corrected chi connectivity index (χ1v) is 13.1. The number of hydrogen-bond donors (Lipinski definition) is 1. The summed E-state index contributed by atoms with van der Waals surface area (Å²) in [5, 5.41) is 3.50. The van der Waals surface area contributed by atoms with E-state index in [1.54, 1.807) is 24.3 Å². The topological polar surface area (TPSA) is 69.7 Å². The Kier molecular flexibility index (Phi) is 8.57. The maximum Gasteiger partial charge on any atom is 0.224 e. The highest BCUT2D eigenvalue weighted by Crippen LogP contribution is 2.23. The molecule has 0 bridgehead atoms. The average Bonchev–Trinajstić information content (AvgIpc) is 2.79. The molecule has 6 nitrogen and oxygen atoms in total. The van der Waals surface area contributed by atoms with Gasteiger partial charge in [-0.1, -0.05) is 35.9 Å². The molecule has 1 aliphatic rings. The zero-order valence-corrected chi connectivity index (χ0v) is 20.3. The van der Waals surface area contributed by atoms with Crippen molar-refractivity contribution in [3.63, 3.8) is 0 Å². The lowest BCUT2D eigenvalue weighted by Gasteiger charge is -2.31. The van der Waals surface area contributed by atoms with Crippen LogP contribution in [0.15, 0.2) is 48.5 Å². The summed E-state index contributed by atoms with van der Waals surface area (Å²) in [7, 11) is -3.51. The van der Waals surface area contributed by atoms with E-state index in [1.807, 2.05) is 12.1 Å². The SMILES string of the molecule is CCN(CC)c1ccc(CNC(=O)C2CCCN(S(=O)(=O)Cc3cccc(Cl)c3)C2)cc1. The molecule has 0 spiro atoms. The molecular formula is C24H32ClN3O3S. The van der Waals surface area contributed by atoms with Gasteiger partial charge in [0.15, 0.2) is 0 Å². The second-order valence-corrected chi connectivity index (χ2v) is 10.5. The zero-order valence-electron chi connectivity index (χ0n) is 18.8. The Labute approximate surface area is 196 Å². The van der Waals surface area contributed by atoms with Gasteiger partial charge in [0.05, 0.1) is 11.7 Å². The molecule has 32 heavy (non-hydrogen) atoms. The van der Waals surface area contributed by atoms with Crippen LogP contribution < -0.4 is 10.2 Å². The van der Waals surface area contributed by atoms with Gasteiger partial charge < -0.3 is 10.2 Å². The normalized spacial score (nSPS) is 17.2. The standard InChI is InChI=1S/C24H32ClN3O3S/c1-3-27(4-2)23-12-10-19(11-13-23)16-26-24(29)21-8-6-14-28(17-21)32(30,31)18-20-7-5-9-22(25)15-20/h5,7,9-13,15,21H,3-4,6,8,14,16-18H2,1-2H3,(H,26,29). The largest absolute Gasteiger partial charge is 0.372 e. The maximum absolute atomic E-state index is 12.9. The van der Waals surface area contributed by atoms with E-state index in [2.05, 4.69) is 36.2 Å². The van der Waals surface area contributed by atoms with Gasteiger partial charge in [0.1, 0.15) is 0 Å². The number of benzene rings is 2. The molecule has 3 rings (SSSR count). The number of amides is 1. The predicted octanol–water partition coefficient (Wildman–Crippen LogP) is 4.04. The second-order valence-electron chi connectivity index (χ2n) is 8.14. The van der Waals surface area contributed by atoms with E-state index in [4.69, 9.17) is 11.6 Å². The van der Waals surface area contributed by atoms with Crippen LogP contribution in [-0.4, -0.2) is 44.8 Å². The van der Waals surface area contributed by atoms with Gasteiger partial charge in [0, 0.05) is 43.4 Å². The van der Waals surface area contributed by atoms with E-state index in [0.717, 1.165) is 24.3 Å². The minimum absolute atomic E-state index is 0.0968. The van der Waals surface area contributed by atoms with Crippen molar-refractivity contribution in [1.82, 2.24) is 9.62 Å². The van der Waals surface area contributed by atoms with Gasteiger partial charge in [-0.15, -0.1) is 0 Å². The minimum atomic E-state index is -3.51. The van der Waals surface area contributed by atoms with Crippen molar-refractivity contribution in [1.29, 1.82) is 0 Å². The summed E-state index contributed by atoms with van der Waals surface area (Å²) in [6, 6.07) is 15.1. The van der Waals surface area contributed by atoms with Crippen LogP contribution in [0.1, 0.15) is 37.8 Å². The van der Waals surface area contributed by atoms with Crippen LogP contribution in [0.2, 0.25) is 5.02 Å². The molecule has 0 saturated carbocycles. The molecule has 8 heteroatoms. The monoisotopic (exact) mass is 477 g/mol. The number of anilines is 1. The molecule has 1 saturated heterocycles. The lowest BCUT2D eigenvalue weighted by atomic mass is 9.98. The zero-order chi connectivity index (χ0) is 23.1. The quantitative estimate of drug-likeness (QED) is 0.591. The molecular weight excluding hydrogens is 446 g/mol. The van der Waals surface area contributed by atoms with E-state index in [1.165, 1.54) is 4.31 Å². The molecule has 174 valence electrons. The van der Waals surface area contributed by atoms with E-state index in [-0.39, 0.29) is 24.1 Å². The van der Waals surface area contributed by atoms with E-state index in [0.29, 0.717) is 36.5 Å². The van der Waals surface area contributed by atoms with Crippen molar-refractivity contribution in [2.45, 2.75) is 39.0 Å². The number of rotatable bonds is 9. The molecule has 2 aromatic carbocycles. The van der Waals surface area contributed by atoms with Gasteiger partial charge in [-0.3, -0.25) is 4.79 Å². The van der Waals surface area contributed by atoms with Crippen LogP contribution in [0.3, 0.4) is 0 Å². The molecule has 1 N–H and O–H groups in total.